The number of aryl methyl sites for hydroxylation is 1. The molecule has 24 heavy (non-hydrogen) atoms. The number of primary amides is 1. The van der Waals surface area contributed by atoms with E-state index < -0.39 is 5.91 Å². The largest absolute Gasteiger partial charge is 0.449 e. The van der Waals surface area contributed by atoms with Gasteiger partial charge in [-0.2, -0.15) is 5.10 Å². The van der Waals surface area contributed by atoms with E-state index in [0.717, 1.165) is 5.69 Å². The first-order valence-corrected chi connectivity index (χ1v) is 7.57. The number of anilines is 1. The smallest absolute Gasteiger partial charge is 0.286 e. The van der Waals surface area contributed by atoms with E-state index in [0.29, 0.717) is 16.7 Å². The molecule has 2 amide bonds. The lowest BCUT2D eigenvalue weighted by Gasteiger charge is -2.11. The molecule has 0 bridgehead atoms. The molecule has 0 aliphatic heterocycles. The summed E-state index contributed by atoms with van der Waals surface area (Å²) in [6.07, 6.45) is 0. The molecule has 0 spiro atoms. The van der Waals surface area contributed by atoms with Gasteiger partial charge in [0, 0.05) is 11.4 Å². The van der Waals surface area contributed by atoms with Crippen LogP contribution in [0.3, 0.4) is 0 Å². The van der Waals surface area contributed by atoms with Crippen molar-refractivity contribution in [3.8, 4) is 0 Å². The first-order chi connectivity index (χ1) is 11.4. The van der Waals surface area contributed by atoms with Crippen LogP contribution in [0.25, 0.3) is 11.0 Å². The third-order valence-electron chi connectivity index (χ3n) is 3.64. The fourth-order valence-electron chi connectivity index (χ4n) is 2.60. The number of nitrogens with zero attached hydrogens (tertiary/aromatic N) is 2. The van der Waals surface area contributed by atoms with Crippen molar-refractivity contribution in [2.45, 2.75) is 26.8 Å². The molecular formula is C17H18N4O3. The molecule has 7 nitrogen and oxygen atoms in total. The first-order valence-electron chi connectivity index (χ1n) is 7.57. The number of carbonyl (C=O) groups is 2. The molecule has 0 saturated heterocycles. The fourth-order valence-corrected chi connectivity index (χ4v) is 2.60. The van der Waals surface area contributed by atoms with Crippen molar-refractivity contribution in [1.82, 2.24) is 9.78 Å². The van der Waals surface area contributed by atoms with E-state index in [1.165, 1.54) is 0 Å². The van der Waals surface area contributed by atoms with E-state index >= 15 is 0 Å². The Kier molecular flexibility index (Phi) is 3.84. The number of hydrogen-bond acceptors (Lipinski definition) is 4. The third-order valence-corrected chi connectivity index (χ3v) is 3.64. The van der Waals surface area contributed by atoms with Crippen molar-refractivity contribution in [2.75, 3.05) is 5.32 Å². The SMILES string of the molecule is Cc1cc(C(=O)Nc2c(C(N)=O)oc3ccccc23)n(C(C)C)n1. The van der Waals surface area contributed by atoms with Gasteiger partial charge >= 0.3 is 0 Å². The number of nitrogens with two attached hydrogens (primary N) is 1. The highest BCUT2D eigenvalue weighted by Gasteiger charge is 2.23. The predicted molar refractivity (Wildman–Crippen MR) is 90.0 cm³/mol. The Bertz CT molecular complexity index is 937. The maximum Gasteiger partial charge on any atom is 0.286 e. The average molecular weight is 326 g/mol. The highest BCUT2D eigenvalue weighted by Crippen LogP contribution is 2.31. The first kappa shape index (κ1) is 15.8. The van der Waals surface area contributed by atoms with Gasteiger partial charge in [0.2, 0.25) is 5.76 Å². The average Bonchev–Trinajstić information content (AvgIpc) is 3.09. The number of para-hydroxylation sites is 1. The number of furan rings is 1. The molecule has 0 fully saturated rings. The minimum atomic E-state index is -0.741. The monoisotopic (exact) mass is 326 g/mol. The van der Waals surface area contributed by atoms with Crippen molar-refractivity contribution in [3.05, 3.63) is 47.5 Å². The van der Waals surface area contributed by atoms with Gasteiger partial charge in [0.05, 0.1) is 5.69 Å². The molecule has 0 aliphatic carbocycles. The van der Waals surface area contributed by atoms with E-state index in [1.807, 2.05) is 20.8 Å². The molecule has 0 radical (unpaired) electrons. The van der Waals surface area contributed by atoms with Gasteiger partial charge in [-0.15, -0.1) is 0 Å². The van der Waals surface area contributed by atoms with Gasteiger partial charge in [-0.05, 0) is 39.0 Å². The van der Waals surface area contributed by atoms with Crippen LogP contribution < -0.4 is 11.1 Å². The van der Waals surface area contributed by atoms with Crippen LogP contribution in [0.1, 0.15) is 46.6 Å². The quantitative estimate of drug-likeness (QED) is 0.769. The second-order valence-corrected chi connectivity index (χ2v) is 5.83. The molecule has 1 aromatic carbocycles. The van der Waals surface area contributed by atoms with Crippen LogP contribution in [0.4, 0.5) is 5.69 Å². The van der Waals surface area contributed by atoms with Crippen LogP contribution in [-0.2, 0) is 0 Å². The maximum atomic E-state index is 12.7. The van der Waals surface area contributed by atoms with Crippen LogP contribution >= 0.6 is 0 Å². The van der Waals surface area contributed by atoms with Gasteiger partial charge in [0.1, 0.15) is 17.0 Å². The van der Waals surface area contributed by atoms with Gasteiger partial charge in [0.25, 0.3) is 11.8 Å². The van der Waals surface area contributed by atoms with Gasteiger partial charge in [-0.1, -0.05) is 12.1 Å². The summed E-state index contributed by atoms with van der Waals surface area (Å²) in [4.78, 5) is 24.4. The van der Waals surface area contributed by atoms with Crippen LogP contribution in [0.5, 0.6) is 0 Å². The Morgan fingerprint density at radius 2 is 2.00 bits per heavy atom. The molecule has 3 N–H and O–H groups in total. The van der Waals surface area contributed by atoms with Crippen molar-refractivity contribution in [2.24, 2.45) is 5.73 Å². The number of amides is 2. The minimum Gasteiger partial charge on any atom is -0.449 e. The lowest BCUT2D eigenvalue weighted by atomic mass is 10.2. The Morgan fingerprint density at radius 3 is 2.67 bits per heavy atom. The molecule has 124 valence electrons. The van der Waals surface area contributed by atoms with Gasteiger partial charge < -0.3 is 15.5 Å². The zero-order chi connectivity index (χ0) is 17.4. The van der Waals surface area contributed by atoms with Crippen molar-refractivity contribution in [3.63, 3.8) is 0 Å². The molecule has 0 unspecified atom stereocenters. The summed E-state index contributed by atoms with van der Waals surface area (Å²) in [5.41, 5.74) is 7.27. The molecule has 0 saturated carbocycles. The summed E-state index contributed by atoms with van der Waals surface area (Å²) in [7, 11) is 0. The minimum absolute atomic E-state index is 0.0242. The third kappa shape index (κ3) is 2.64. The second kappa shape index (κ2) is 5.84. The standard InChI is InChI=1S/C17H18N4O3/c1-9(2)21-12(8-10(3)20-21)17(23)19-14-11-6-4-5-7-13(11)24-15(14)16(18)22/h4-9H,1-3H3,(H2,18,22)(H,19,23). The summed E-state index contributed by atoms with van der Waals surface area (Å²) >= 11 is 0. The number of carbonyl (C=O) groups excluding carboxylic acids is 2. The van der Waals surface area contributed by atoms with Crippen molar-refractivity contribution >= 4 is 28.5 Å². The van der Waals surface area contributed by atoms with Crippen LogP contribution in [0.15, 0.2) is 34.7 Å². The second-order valence-electron chi connectivity index (χ2n) is 5.83. The molecule has 7 heteroatoms. The zero-order valence-electron chi connectivity index (χ0n) is 13.7. The Morgan fingerprint density at radius 1 is 1.29 bits per heavy atom. The summed E-state index contributed by atoms with van der Waals surface area (Å²) in [6.45, 7) is 5.69. The molecule has 2 aromatic heterocycles. The lowest BCUT2D eigenvalue weighted by molar-refractivity contribution is 0.0977. The normalized spacial score (nSPS) is 11.2. The predicted octanol–water partition coefficient (Wildman–Crippen LogP) is 2.87. The Hall–Kier alpha value is -3.09. The molecule has 0 aliphatic rings. The van der Waals surface area contributed by atoms with Gasteiger partial charge in [-0.3, -0.25) is 14.3 Å². The Balaban J connectivity index is 2.05. The summed E-state index contributed by atoms with van der Waals surface area (Å²) in [5, 5.41) is 7.68. The van der Waals surface area contributed by atoms with Crippen LogP contribution in [0, 0.1) is 6.92 Å². The van der Waals surface area contributed by atoms with E-state index in [9.17, 15) is 9.59 Å². The van der Waals surface area contributed by atoms with E-state index in [2.05, 4.69) is 10.4 Å². The number of aromatic nitrogens is 2. The summed E-state index contributed by atoms with van der Waals surface area (Å²) in [5.74, 6) is -1.19. The maximum absolute atomic E-state index is 12.7. The number of hydrogen-bond donors (Lipinski definition) is 2. The highest BCUT2D eigenvalue weighted by atomic mass is 16.3. The molecular weight excluding hydrogens is 308 g/mol. The number of benzene rings is 1. The van der Waals surface area contributed by atoms with E-state index in [1.54, 1.807) is 35.0 Å². The van der Waals surface area contributed by atoms with Crippen molar-refractivity contribution < 1.29 is 14.0 Å². The highest BCUT2D eigenvalue weighted by molar-refractivity contribution is 6.13. The number of fused-ring (bicyclic) bond motifs is 1. The zero-order valence-corrected chi connectivity index (χ0v) is 13.7. The summed E-state index contributed by atoms with van der Waals surface area (Å²) < 4.78 is 7.10. The molecule has 3 aromatic rings. The lowest BCUT2D eigenvalue weighted by Crippen LogP contribution is -2.21. The number of rotatable bonds is 4. The molecule has 3 rings (SSSR count). The van der Waals surface area contributed by atoms with Crippen LogP contribution in [0.2, 0.25) is 0 Å². The van der Waals surface area contributed by atoms with Gasteiger partial charge in [-0.25, -0.2) is 0 Å². The Labute approximate surface area is 138 Å². The van der Waals surface area contributed by atoms with E-state index in [-0.39, 0.29) is 23.4 Å². The number of nitrogens with one attached hydrogen (secondary N) is 1. The van der Waals surface area contributed by atoms with Gasteiger partial charge in [0.15, 0.2) is 0 Å². The van der Waals surface area contributed by atoms with Crippen LogP contribution in [-0.4, -0.2) is 21.6 Å². The fraction of sp³-hybridized carbons (Fsp3) is 0.235. The van der Waals surface area contributed by atoms with E-state index in [4.69, 9.17) is 10.2 Å². The molecule has 0 atom stereocenters. The molecule has 2 heterocycles. The summed E-state index contributed by atoms with van der Waals surface area (Å²) in [6, 6.07) is 8.75. The van der Waals surface area contributed by atoms with Crippen molar-refractivity contribution in [1.29, 1.82) is 0 Å². The topological polar surface area (TPSA) is 103 Å².